The van der Waals surface area contributed by atoms with Crippen molar-refractivity contribution in [2.24, 2.45) is 0 Å². The summed E-state index contributed by atoms with van der Waals surface area (Å²) < 4.78 is 160. The maximum atomic E-state index is 12.7. The lowest BCUT2D eigenvalue weighted by Crippen LogP contribution is -2.63. The zero-order chi connectivity index (χ0) is 18.4. The Hall–Kier alpha value is -1.41. The summed E-state index contributed by atoms with van der Waals surface area (Å²) in [5.74, 6) is -10.5. The molecule has 0 saturated carbocycles. The Kier molecular flexibility index (Phi) is 5.00. The standard InChI is InChI=1S/C7H2F13NO/c1-2(3(8,9)10)22-6(15,16)4(11,12)5(13,14)21(20)7(17,18)19/h1H2. The number of hydrogen-bond acceptors (Lipinski definition) is 2. The van der Waals surface area contributed by atoms with E-state index in [1.54, 1.807) is 6.58 Å². The fourth-order valence-electron chi connectivity index (χ4n) is 0.734. The molecule has 0 aliphatic rings. The minimum absolute atomic E-state index is 1.67. The third kappa shape index (κ3) is 3.67. The van der Waals surface area contributed by atoms with Crippen molar-refractivity contribution in [2.45, 2.75) is 30.6 Å². The quantitative estimate of drug-likeness (QED) is 0.306. The summed E-state index contributed by atoms with van der Waals surface area (Å²) in [5, 5.41) is -3.90. The summed E-state index contributed by atoms with van der Waals surface area (Å²) >= 11 is 0. The first-order chi connectivity index (χ1) is 9.28. The van der Waals surface area contributed by atoms with Crippen LogP contribution >= 0.6 is 0 Å². The fraction of sp³-hybridized carbons (Fsp3) is 0.714. The van der Waals surface area contributed by atoms with Crippen molar-refractivity contribution in [1.82, 2.24) is 5.12 Å². The Labute approximate surface area is 111 Å². The van der Waals surface area contributed by atoms with Crippen LogP contribution in [0.5, 0.6) is 0 Å². The van der Waals surface area contributed by atoms with Crippen LogP contribution in [-0.4, -0.2) is 35.7 Å². The average Bonchev–Trinajstić information content (AvgIpc) is 2.24. The number of nitrogens with zero attached hydrogens (tertiary/aromatic N) is 1. The van der Waals surface area contributed by atoms with E-state index in [1.165, 1.54) is 0 Å². The summed E-state index contributed by atoms with van der Waals surface area (Å²) in [7, 11) is 0. The molecule has 0 bridgehead atoms. The van der Waals surface area contributed by atoms with Crippen LogP contribution in [0.3, 0.4) is 0 Å². The lowest BCUT2D eigenvalue weighted by Gasteiger charge is -2.35. The Morgan fingerprint density at radius 3 is 1.41 bits per heavy atom. The van der Waals surface area contributed by atoms with Crippen LogP contribution in [0.15, 0.2) is 12.3 Å². The minimum atomic E-state index is -7.35. The predicted octanol–water partition coefficient (Wildman–Crippen LogP) is 4.61. The molecule has 0 aliphatic carbocycles. The Morgan fingerprint density at radius 1 is 0.773 bits per heavy atom. The summed E-state index contributed by atoms with van der Waals surface area (Å²) in [5.41, 5.74) is 0. The van der Waals surface area contributed by atoms with Crippen LogP contribution in [0.25, 0.3) is 0 Å². The molecule has 0 aliphatic heterocycles. The van der Waals surface area contributed by atoms with Gasteiger partial charge in [0.2, 0.25) is 0 Å². The van der Waals surface area contributed by atoms with E-state index in [9.17, 15) is 57.2 Å². The molecule has 0 fully saturated rings. The van der Waals surface area contributed by atoms with E-state index in [2.05, 4.69) is 4.74 Å². The van der Waals surface area contributed by atoms with Gasteiger partial charge < -0.3 is 4.74 Å². The second-order valence-corrected chi connectivity index (χ2v) is 3.40. The normalized spacial score (nSPS) is 15.2. The van der Waals surface area contributed by atoms with Gasteiger partial charge in [-0.05, 0) is 0 Å². The second-order valence-electron chi connectivity index (χ2n) is 3.40. The van der Waals surface area contributed by atoms with Crippen LogP contribution in [0.4, 0.5) is 57.2 Å². The van der Waals surface area contributed by atoms with Crippen LogP contribution in [0.2, 0.25) is 0 Å². The molecule has 0 spiro atoms. The third-order valence-corrected chi connectivity index (χ3v) is 1.78. The van der Waals surface area contributed by atoms with E-state index < -0.39 is 41.4 Å². The average molecular weight is 363 g/mol. The van der Waals surface area contributed by atoms with Crippen molar-refractivity contribution in [3.63, 3.8) is 0 Å². The van der Waals surface area contributed by atoms with Gasteiger partial charge in [-0.2, -0.15) is 52.7 Å². The first-order valence-electron chi connectivity index (χ1n) is 4.40. The molecule has 0 N–H and O–H groups in total. The topological polar surface area (TPSA) is 12.5 Å². The summed E-state index contributed by atoms with van der Waals surface area (Å²) in [4.78, 5) is 0. The highest BCUT2D eigenvalue weighted by molar-refractivity contribution is 4.98. The molecule has 0 aromatic carbocycles. The van der Waals surface area contributed by atoms with E-state index in [1.807, 2.05) is 0 Å². The first-order valence-corrected chi connectivity index (χ1v) is 4.40. The monoisotopic (exact) mass is 363 g/mol. The molecule has 0 saturated heterocycles. The van der Waals surface area contributed by atoms with Crippen LogP contribution in [0, 0.1) is 0 Å². The molecule has 0 unspecified atom stereocenters. The number of allylic oxidation sites excluding steroid dienone is 1. The Balaban J connectivity index is 5.65. The third-order valence-electron chi connectivity index (χ3n) is 1.78. The highest BCUT2D eigenvalue weighted by Crippen LogP contribution is 2.51. The number of ether oxygens (including phenoxy) is 1. The summed E-state index contributed by atoms with van der Waals surface area (Å²) in [6, 6.07) is -7.29. The first kappa shape index (κ1) is 20.6. The van der Waals surface area contributed by atoms with Crippen molar-refractivity contribution >= 4 is 0 Å². The van der Waals surface area contributed by atoms with Gasteiger partial charge >= 0.3 is 30.6 Å². The van der Waals surface area contributed by atoms with Gasteiger partial charge in [-0.15, -0.1) is 4.48 Å². The molecule has 15 heteroatoms. The van der Waals surface area contributed by atoms with Crippen LogP contribution in [0.1, 0.15) is 0 Å². The van der Waals surface area contributed by atoms with Gasteiger partial charge in [-0.3, -0.25) is 0 Å². The molecular weight excluding hydrogens is 361 g/mol. The van der Waals surface area contributed by atoms with E-state index in [-0.39, 0.29) is 0 Å². The lowest BCUT2D eigenvalue weighted by molar-refractivity contribution is -0.484. The van der Waals surface area contributed by atoms with Crippen LogP contribution in [-0.2, 0) is 4.74 Å². The lowest BCUT2D eigenvalue weighted by atomic mass is 10.2. The largest absolute Gasteiger partial charge is 0.492 e. The molecule has 132 valence electrons. The number of hydrogen-bond donors (Lipinski definition) is 0. The van der Waals surface area contributed by atoms with Gasteiger partial charge in [-0.1, -0.05) is 6.58 Å². The van der Waals surface area contributed by atoms with Crippen molar-refractivity contribution in [2.75, 3.05) is 0 Å². The van der Waals surface area contributed by atoms with Crippen molar-refractivity contribution in [3.05, 3.63) is 12.3 Å². The van der Waals surface area contributed by atoms with Gasteiger partial charge in [0.15, 0.2) is 5.76 Å². The van der Waals surface area contributed by atoms with Gasteiger partial charge in [-0.25, -0.2) is 0 Å². The molecule has 0 rings (SSSR count). The smallest absolute Gasteiger partial charge is 0.423 e. The number of rotatable bonds is 5. The zero-order valence-electron chi connectivity index (χ0n) is 9.48. The Morgan fingerprint density at radius 2 is 1.14 bits per heavy atom. The number of alkyl halides is 12. The van der Waals surface area contributed by atoms with Gasteiger partial charge in [0, 0.05) is 5.12 Å². The van der Waals surface area contributed by atoms with Crippen molar-refractivity contribution < 1.29 is 61.9 Å². The highest BCUT2D eigenvalue weighted by Gasteiger charge is 2.80. The molecule has 2 nitrogen and oxygen atoms in total. The molecule has 0 atom stereocenters. The maximum absolute atomic E-state index is 12.7. The summed E-state index contributed by atoms with van der Waals surface area (Å²) in [6.07, 6.45) is -19.7. The summed E-state index contributed by atoms with van der Waals surface area (Å²) in [6.45, 7) is 1.67. The van der Waals surface area contributed by atoms with E-state index >= 15 is 0 Å². The predicted molar refractivity (Wildman–Crippen MR) is 40.1 cm³/mol. The molecular formula is C7H2F13NO. The molecule has 0 aromatic rings. The SMILES string of the molecule is C=C(OC(F)(F)C(F)(F)C(F)(F)N(F)C(F)(F)F)C(F)(F)F. The molecule has 0 aromatic heterocycles. The van der Waals surface area contributed by atoms with Crippen molar-refractivity contribution in [1.29, 1.82) is 0 Å². The zero-order valence-corrected chi connectivity index (χ0v) is 9.48. The van der Waals surface area contributed by atoms with E-state index in [0.717, 1.165) is 0 Å². The van der Waals surface area contributed by atoms with Gasteiger partial charge in [0.1, 0.15) is 0 Å². The maximum Gasteiger partial charge on any atom is 0.492 e. The molecule has 0 amide bonds. The minimum Gasteiger partial charge on any atom is -0.423 e. The number of halogens is 13. The Bertz CT molecular complexity index is 421. The van der Waals surface area contributed by atoms with E-state index in [4.69, 9.17) is 0 Å². The van der Waals surface area contributed by atoms with E-state index in [0.29, 0.717) is 0 Å². The van der Waals surface area contributed by atoms with Gasteiger partial charge in [0.25, 0.3) is 0 Å². The second kappa shape index (κ2) is 5.34. The molecule has 22 heavy (non-hydrogen) atoms. The van der Waals surface area contributed by atoms with Crippen LogP contribution < -0.4 is 0 Å². The van der Waals surface area contributed by atoms with Crippen molar-refractivity contribution in [3.8, 4) is 0 Å². The van der Waals surface area contributed by atoms with Gasteiger partial charge in [0.05, 0.1) is 0 Å². The fourth-order valence-corrected chi connectivity index (χ4v) is 0.734. The molecule has 0 heterocycles. The highest BCUT2D eigenvalue weighted by atomic mass is 19.4. The molecule has 0 radical (unpaired) electrons.